The Balaban J connectivity index is 1.47. The Hall–Kier alpha value is -2.10. The van der Waals surface area contributed by atoms with Crippen LogP contribution in [0, 0.1) is 13.8 Å². The first-order chi connectivity index (χ1) is 13.9. The van der Waals surface area contributed by atoms with E-state index in [4.69, 9.17) is 14.0 Å². The molecule has 0 spiro atoms. The van der Waals surface area contributed by atoms with Gasteiger partial charge in [-0.3, -0.25) is 0 Å². The summed E-state index contributed by atoms with van der Waals surface area (Å²) < 4.78 is 43.5. The molecule has 0 atom stereocenters. The minimum Gasteiger partial charge on any atom is -0.497 e. The molecule has 2 aromatic rings. The number of rotatable bonds is 8. The van der Waals surface area contributed by atoms with Gasteiger partial charge in [0.1, 0.15) is 22.1 Å². The summed E-state index contributed by atoms with van der Waals surface area (Å²) in [6.07, 6.45) is 1.67. The number of aryl methyl sites for hydroxylation is 2. The Labute approximate surface area is 172 Å². The van der Waals surface area contributed by atoms with E-state index in [2.05, 4.69) is 10.1 Å². The van der Waals surface area contributed by atoms with Crippen molar-refractivity contribution in [1.29, 1.82) is 0 Å². The molecule has 1 aliphatic rings. The molecule has 1 aliphatic heterocycles. The lowest BCUT2D eigenvalue weighted by atomic mass is 10.3. The molecule has 0 radical (unpaired) electrons. The summed E-state index contributed by atoms with van der Waals surface area (Å²) in [6, 6.07) is 7.53. The fraction of sp³-hybridized carbons (Fsp3) is 0.550. The van der Waals surface area contributed by atoms with E-state index in [1.807, 2.05) is 24.3 Å². The van der Waals surface area contributed by atoms with Crippen LogP contribution in [0.4, 0.5) is 0 Å². The number of aromatic nitrogens is 1. The average molecular weight is 424 g/mol. The van der Waals surface area contributed by atoms with Crippen LogP contribution in [0.2, 0.25) is 0 Å². The average Bonchev–Trinajstić information content (AvgIpc) is 2.91. The highest BCUT2D eigenvalue weighted by molar-refractivity contribution is 7.89. The monoisotopic (exact) mass is 423 g/mol. The van der Waals surface area contributed by atoms with Gasteiger partial charge in [-0.25, -0.2) is 8.42 Å². The van der Waals surface area contributed by atoms with Crippen LogP contribution in [0.15, 0.2) is 33.7 Å². The van der Waals surface area contributed by atoms with Gasteiger partial charge in [-0.2, -0.15) is 4.31 Å². The number of nitrogens with zero attached hydrogens (tertiary/aromatic N) is 3. The predicted molar refractivity (Wildman–Crippen MR) is 109 cm³/mol. The summed E-state index contributed by atoms with van der Waals surface area (Å²) in [7, 11) is -1.94. The van der Waals surface area contributed by atoms with Crippen molar-refractivity contribution in [2.75, 3.05) is 46.4 Å². The van der Waals surface area contributed by atoms with E-state index in [9.17, 15) is 8.42 Å². The molecule has 3 rings (SSSR count). The number of methoxy groups -OCH3 is 1. The van der Waals surface area contributed by atoms with Crippen LogP contribution < -0.4 is 9.47 Å². The quantitative estimate of drug-likeness (QED) is 0.603. The minimum absolute atomic E-state index is 0.207. The minimum atomic E-state index is -3.58. The molecular formula is C20H29N3O5S. The zero-order chi connectivity index (χ0) is 20.9. The number of sulfonamides is 1. The second-order valence-corrected chi connectivity index (χ2v) is 9.00. The van der Waals surface area contributed by atoms with Gasteiger partial charge in [0.15, 0.2) is 5.76 Å². The summed E-state index contributed by atoms with van der Waals surface area (Å²) >= 11 is 0. The van der Waals surface area contributed by atoms with Crippen molar-refractivity contribution in [2.45, 2.75) is 31.6 Å². The van der Waals surface area contributed by atoms with Gasteiger partial charge in [-0.1, -0.05) is 5.16 Å². The molecule has 0 N–H and O–H groups in total. The highest BCUT2D eigenvalue weighted by Gasteiger charge is 2.32. The largest absolute Gasteiger partial charge is 0.497 e. The summed E-state index contributed by atoms with van der Waals surface area (Å²) in [4.78, 5) is 2.50. The lowest BCUT2D eigenvalue weighted by Crippen LogP contribution is -2.36. The van der Waals surface area contributed by atoms with E-state index in [0.29, 0.717) is 37.7 Å². The standard InChI is InChI=1S/C20H29N3O5S/c1-16-20(17(2)28-21-16)29(24,25)23-12-4-10-22(13-14-23)11-5-15-27-19-8-6-18(26-3)7-9-19/h6-9H,4-5,10-15H2,1-3H3. The summed E-state index contributed by atoms with van der Waals surface area (Å²) in [6.45, 7) is 7.33. The van der Waals surface area contributed by atoms with Crippen molar-refractivity contribution in [3.05, 3.63) is 35.7 Å². The molecule has 160 valence electrons. The van der Waals surface area contributed by atoms with Crippen LogP contribution >= 0.6 is 0 Å². The SMILES string of the molecule is COc1ccc(OCCCN2CCCN(S(=O)(=O)c3c(C)noc3C)CC2)cc1. The maximum absolute atomic E-state index is 13.0. The smallest absolute Gasteiger partial charge is 0.248 e. The van der Waals surface area contributed by atoms with E-state index >= 15 is 0 Å². The Kier molecular flexibility index (Phi) is 7.15. The second-order valence-electron chi connectivity index (χ2n) is 7.13. The van der Waals surface area contributed by atoms with E-state index in [-0.39, 0.29) is 4.90 Å². The normalized spacial score (nSPS) is 16.5. The number of hydrogen-bond acceptors (Lipinski definition) is 7. The maximum atomic E-state index is 13.0. The molecule has 0 unspecified atom stereocenters. The van der Waals surface area contributed by atoms with Crippen LogP contribution in [0.1, 0.15) is 24.3 Å². The van der Waals surface area contributed by atoms with Gasteiger partial charge >= 0.3 is 0 Å². The van der Waals surface area contributed by atoms with Crippen molar-refractivity contribution in [3.63, 3.8) is 0 Å². The third-order valence-electron chi connectivity index (χ3n) is 5.06. The first kappa shape index (κ1) is 21.6. The fourth-order valence-electron chi connectivity index (χ4n) is 3.53. The first-order valence-corrected chi connectivity index (χ1v) is 11.3. The van der Waals surface area contributed by atoms with Crippen LogP contribution in [0.25, 0.3) is 0 Å². The molecule has 0 saturated carbocycles. The molecule has 0 amide bonds. The molecular weight excluding hydrogens is 394 g/mol. The third kappa shape index (κ3) is 5.29. The van der Waals surface area contributed by atoms with E-state index in [0.717, 1.165) is 37.4 Å². The van der Waals surface area contributed by atoms with E-state index < -0.39 is 10.0 Å². The summed E-state index contributed by atoms with van der Waals surface area (Å²) in [5.41, 5.74) is 0.416. The van der Waals surface area contributed by atoms with Gasteiger partial charge in [0.25, 0.3) is 0 Å². The zero-order valence-electron chi connectivity index (χ0n) is 17.3. The molecule has 1 aromatic heterocycles. The second kappa shape index (κ2) is 9.60. The van der Waals surface area contributed by atoms with Crippen molar-refractivity contribution in [1.82, 2.24) is 14.4 Å². The Bertz CT molecular complexity index is 876. The molecule has 1 fully saturated rings. The Morgan fingerprint density at radius 1 is 1.07 bits per heavy atom. The van der Waals surface area contributed by atoms with Gasteiger partial charge in [0.05, 0.1) is 13.7 Å². The molecule has 29 heavy (non-hydrogen) atoms. The van der Waals surface area contributed by atoms with Crippen LogP contribution in [0.3, 0.4) is 0 Å². The number of benzene rings is 1. The van der Waals surface area contributed by atoms with Crippen molar-refractivity contribution >= 4 is 10.0 Å². The van der Waals surface area contributed by atoms with Crippen LogP contribution in [0.5, 0.6) is 11.5 Å². The van der Waals surface area contributed by atoms with Crippen LogP contribution in [-0.4, -0.2) is 69.2 Å². The van der Waals surface area contributed by atoms with Crippen LogP contribution in [-0.2, 0) is 10.0 Å². The van der Waals surface area contributed by atoms with Gasteiger partial charge in [0, 0.05) is 26.2 Å². The molecule has 1 aromatic carbocycles. The topological polar surface area (TPSA) is 85.1 Å². The zero-order valence-corrected chi connectivity index (χ0v) is 18.1. The molecule has 1 saturated heterocycles. The molecule has 0 bridgehead atoms. The maximum Gasteiger partial charge on any atom is 0.248 e. The lowest BCUT2D eigenvalue weighted by Gasteiger charge is -2.21. The Morgan fingerprint density at radius 3 is 2.45 bits per heavy atom. The molecule has 2 heterocycles. The fourth-order valence-corrected chi connectivity index (χ4v) is 5.29. The van der Waals surface area contributed by atoms with Gasteiger partial charge in [-0.15, -0.1) is 0 Å². The van der Waals surface area contributed by atoms with Gasteiger partial charge in [-0.05, 0) is 57.5 Å². The summed E-state index contributed by atoms with van der Waals surface area (Å²) in [5.74, 6) is 1.97. The third-order valence-corrected chi connectivity index (χ3v) is 7.20. The first-order valence-electron chi connectivity index (χ1n) is 9.84. The van der Waals surface area contributed by atoms with Crippen molar-refractivity contribution < 1.29 is 22.4 Å². The highest BCUT2D eigenvalue weighted by Crippen LogP contribution is 2.24. The summed E-state index contributed by atoms with van der Waals surface area (Å²) in [5, 5.41) is 3.79. The van der Waals surface area contributed by atoms with E-state index in [1.54, 1.807) is 25.3 Å². The predicted octanol–water partition coefficient (Wildman–Crippen LogP) is 2.47. The highest BCUT2D eigenvalue weighted by atomic mass is 32.2. The number of hydrogen-bond donors (Lipinski definition) is 0. The molecule has 0 aliphatic carbocycles. The van der Waals surface area contributed by atoms with Gasteiger partial charge in [0.2, 0.25) is 10.0 Å². The van der Waals surface area contributed by atoms with Crippen molar-refractivity contribution in [3.8, 4) is 11.5 Å². The van der Waals surface area contributed by atoms with E-state index in [1.165, 1.54) is 0 Å². The lowest BCUT2D eigenvalue weighted by molar-refractivity contribution is 0.241. The number of ether oxygens (including phenoxy) is 2. The van der Waals surface area contributed by atoms with Crippen molar-refractivity contribution in [2.24, 2.45) is 0 Å². The Morgan fingerprint density at radius 2 is 1.79 bits per heavy atom. The molecule has 8 nitrogen and oxygen atoms in total. The van der Waals surface area contributed by atoms with Gasteiger partial charge < -0.3 is 18.9 Å². The molecule has 9 heteroatoms.